The minimum absolute atomic E-state index is 0.0870. The highest BCUT2D eigenvalue weighted by Crippen LogP contribution is 2.45. The third-order valence-corrected chi connectivity index (χ3v) is 6.51. The van der Waals surface area contributed by atoms with E-state index in [1.54, 1.807) is 0 Å². The van der Waals surface area contributed by atoms with E-state index < -0.39 is 5.60 Å². The van der Waals surface area contributed by atoms with Crippen molar-refractivity contribution in [3.63, 3.8) is 0 Å². The van der Waals surface area contributed by atoms with Crippen molar-refractivity contribution in [1.82, 2.24) is 0 Å². The summed E-state index contributed by atoms with van der Waals surface area (Å²) in [6.07, 6.45) is 6.14. The molecule has 0 aromatic heterocycles. The molecule has 1 heterocycles. The molecule has 0 fully saturated rings. The number of nitrogens with zero attached hydrogens (tertiary/aromatic N) is 3. The van der Waals surface area contributed by atoms with E-state index >= 15 is 0 Å². The predicted octanol–water partition coefficient (Wildman–Crippen LogP) is 7.49. The van der Waals surface area contributed by atoms with Crippen LogP contribution in [-0.2, 0) is 10.3 Å². The van der Waals surface area contributed by atoms with E-state index in [1.807, 2.05) is 78.9 Å². The minimum atomic E-state index is -0.855. The van der Waals surface area contributed by atoms with Gasteiger partial charge in [0.15, 0.2) is 5.60 Å². The topological polar surface area (TPSA) is 40.6 Å². The Hall–Kier alpha value is -4.54. The summed E-state index contributed by atoms with van der Waals surface area (Å²) in [6, 6.07) is 30.5. The van der Waals surface area contributed by atoms with E-state index in [2.05, 4.69) is 53.9 Å². The summed E-state index contributed by atoms with van der Waals surface area (Å²) in [5.41, 5.74) is 4.08. The van der Waals surface area contributed by atoms with Gasteiger partial charge in [0.25, 0.3) is 5.70 Å². The molecule has 3 aromatic rings. The lowest BCUT2D eigenvalue weighted by Crippen LogP contribution is -2.34. The molecule has 0 radical (unpaired) electrons. The summed E-state index contributed by atoms with van der Waals surface area (Å²) < 4.78 is 6.75. The second kappa shape index (κ2) is 11.3. The number of nitriles is 1. The van der Waals surface area contributed by atoms with Gasteiger partial charge in [0.05, 0.1) is 12.6 Å². The first kappa shape index (κ1) is 24.6. The Labute approximate surface area is 213 Å². The maximum Gasteiger partial charge on any atom is 0.265 e. The van der Waals surface area contributed by atoms with Crippen LogP contribution in [0.2, 0.25) is 0 Å². The van der Waals surface area contributed by atoms with Gasteiger partial charge in [-0.3, -0.25) is 0 Å². The average molecular weight is 472 g/mol. The summed E-state index contributed by atoms with van der Waals surface area (Å²) >= 11 is 0. The average Bonchev–Trinajstić information content (AvgIpc) is 2.95. The van der Waals surface area contributed by atoms with Crippen molar-refractivity contribution in [3.05, 3.63) is 142 Å². The molecule has 0 atom stereocenters. The Morgan fingerprint density at radius 2 is 1.53 bits per heavy atom. The second-order valence-electron chi connectivity index (χ2n) is 8.58. The first-order valence-electron chi connectivity index (χ1n) is 12.2. The molecular weight excluding hydrogens is 442 g/mol. The number of ether oxygens (including phenoxy) is 1. The molecule has 0 unspecified atom stereocenters. The van der Waals surface area contributed by atoms with E-state index in [4.69, 9.17) is 11.3 Å². The highest BCUT2D eigenvalue weighted by atomic mass is 16.5. The number of hydrogen-bond acceptors (Lipinski definition) is 3. The first-order valence-corrected chi connectivity index (χ1v) is 12.2. The Morgan fingerprint density at radius 3 is 2.03 bits per heavy atom. The lowest BCUT2D eigenvalue weighted by molar-refractivity contribution is 0.0348. The molecule has 4 heteroatoms. The lowest BCUT2D eigenvalue weighted by Gasteiger charge is -2.39. The Morgan fingerprint density at radius 1 is 0.944 bits per heavy atom. The van der Waals surface area contributed by atoms with Gasteiger partial charge in [-0.05, 0) is 49.3 Å². The number of allylic oxidation sites excluding steroid dienone is 3. The molecule has 0 bridgehead atoms. The van der Waals surface area contributed by atoms with Crippen molar-refractivity contribution < 1.29 is 4.74 Å². The van der Waals surface area contributed by atoms with Gasteiger partial charge >= 0.3 is 0 Å². The number of benzene rings is 3. The highest BCUT2D eigenvalue weighted by molar-refractivity contribution is 5.59. The molecule has 0 saturated heterocycles. The van der Waals surface area contributed by atoms with Crippen molar-refractivity contribution in [1.29, 1.82) is 5.26 Å². The first-order chi connectivity index (χ1) is 17.6. The Balaban J connectivity index is 1.78. The van der Waals surface area contributed by atoms with Gasteiger partial charge in [-0.15, -0.1) is 0 Å². The van der Waals surface area contributed by atoms with Gasteiger partial charge in [-0.2, -0.15) is 0 Å². The van der Waals surface area contributed by atoms with Crippen LogP contribution in [0.25, 0.3) is 10.9 Å². The lowest BCUT2D eigenvalue weighted by atomic mass is 9.79. The molecule has 4 rings (SSSR count). The molecule has 0 aliphatic carbocycles. The van der Waals surface area contributed by atoms with Crippen LogP contribution in [0, 0.1) is 17.9 Å². The SMILES string of the molecule is [C-]#[N+]C(C#N)=C1C=C(C=Cc2ccc(N(CC)CC)cc2)OC(c2ccccc2)(c2ccccc2)C1. The van der Waals surface area contributed by atoms with E-state index in [-0.39, 0.29) is 5.70 Å². The van der Waals surface area contributed by atoms with Gasteiger partial charge < -0.3 is 9.64 Å². The number of anilines is 1. The molecule has 0 saturated carbocycles. The third-order valence-electron chi connectivity index (χ3n) is 6.51. The fourth-order valence-electron chi connectivity index (χ4n) is 4.63. The summed E-state index contributed by atoms with van der Waals surface area (Å²) in [5.74, 6) is 0.605. The van der Waals surface area contributed by atoms with Crippen LogP contribution >= 0.6 is 0 Å². The maximum atomic E-state index is 9.68. The minimum Gasteiger partial charge on any atom is -0.478 e. The summed E-state index contributed by atoms with van der Waals surface area (Å²) in [5, 5.41) is 9.68. The van der Waals surface area contributed by atoms with E-state index in [1.165, 1.54) is 5.69 Å². The molecule has 0 spiro atoms. The standard InChI is InChI=1S/C32H29N3O/c1-4-35(5-2)29-19-16-25(17-20-29)18-21-30-22-26(31(24-33)34-3)23-32(36-30,27-12-8-6-9-13-27)28-14-10-7-11-15-28/h6-22H,4-5,23H2,1-2H3. The largest absolute Gasteiger partial charge is 0.478 e. The monoisotopic (exact) mass is 471 g/mol. The van der Waals surface area contributed by atoms with Crippen LogP contribution in [-0.4, -0.2) is 13.1 Å². The zero-order valence-electron chi connectivity index (χ0n) is 20.7. The van der Waals surface area contributed by atoms with Crippen molar-refractivity contribution >= 4 is 11.8 Å². The molecule has 36 heavy (non-hydrogen) atoms. The fraction of sp³-hybridized carbons (Fsp3) is 0.188. The van der Waals surface area contributed by atoms with Crippen molar-refractivity contribution in [3.8, 4) is 6.07 Å². The van der Waals surface area contributed by atoms with Crippen LogP contribution in [0.3, 0.4) is 0 Å². The van der Waals surface area contributed by atoms with Crippen LogP contribution in [0.4, 0.5) is 5.69 Å². The normalized spacial score (nSPS) is 15.8. The van der Waals surface area contributed by atoms with E-state index in [9.17, 15) is 5.26 Å². The van der Waals surface area contributed by atoms with Crippen LogP contribution in [0.1, 0.15) is 37.0 Å². The van der Waals surface area contributed by atoms with E-state index in [0.717, 1.165) is 29.8 Å². The van der Waals surface area contributed by atoms with Crippen LogP contribution < -0.4 is 4.90 Å². The summed E-state index contributed by atoms with van der Waals surface area (Å²) in [7, 11) is 0. The van der Waals surface area contributed by atoms with Gasteiger partial charge in [0.1, 0.15) is 5.76 Å². The molecule has 3 aromatic carbocycles. The van der Waals surface area contributed by atoms with Gasteiger partial charge in [0.2, 0.25) is 0 Å². The molecule has 1 aliphatic rings. The van der Waals surface area contributed by atoms with Crippen molar-refractivity contribution in [2.24, 2.45) is 0 Å². The molecule has 0 amide bonds. The van der Waals surface area contributed by atoms with Gasteiger partial charge in [-0.25, -0.2) is 10.1 Å². The number of rotatable bonds is 7. The highest BCUT2D eigenvalue weighted by Gasteiger charge is 2.40. The van der Waals surface area contributed by atoms with Crippen molar-refractivity contribution in [2.75, 3.05) is 18.0 Å². The van der Waals surface area contributed by atoms with Crippen LogP contribution in [0.5, 0.6) is 0 Å². The molecule has 178 valence electrons. The molecule has 4 nitrogen and oxygen atoms in total. The number of hydrogen-bond donors (Lipinski definition) is 0. The summed E-state index contributed by atoms with van der Waals surface area (Å²) in [6.45, 7) is 13.8. The maximum absolute atomic E-state index is 9.68. The zero-order valence-corrected chi connectivity index (χ0v) is 20.7. The Kier molecular flexibility index (Phi) is 7.69. The van der Waals surface area contributed by atoms with Gasteiger partial charge in [-0.1, -0.05) is 78.9 Å². The quantitative estimate of drug-likeness (QED) is 0.265. The molecular formula is C32H29N3O. The predicted molar refractivity (Wildman–Crippen MR) is 146 cm³/mol. The smallest absolute Gasteiger partial charge is 0.265 e. The summed E-state index contributed by atoms with van der Waals surface area (Å²) in [4.78, 5) is 5.82. The molecule has 0 N–H and O–H groups in total. The van der Waals surface area contributed by atoms with E-state index in [0.29, 0.717) is 17.8 Å². The van der Waals surface area contributed by atoms with Crippen molar-refractivity contribution in [2.45, 2.75) is 25.9 Å². The van der Waals surface area contributed by atoms with Crippen LogP contribution in [0.15, 0.2) is 114 Å². The third kappa shape index (κ3) is 5.09. The fourth-order valence-corrected chi connectivity index (χ4v) is 4.63. The molecule has 1 aliphatic heterocycles. The van der Waals surface area contributed by atoms with Gasteiger partial charge in [0, 0.05) is 36.3 Å². The zero-order chi connectivity index (χ0) is 25.4. The Bertz CT molecular complexity index is 1300. The second-order valence-corrected chi connectivity index (χ2v) is 8.58.